The Labute approximate surface area is 118 Å². The summed E-state index contributed by atoms with van der Waals surface area (Å²) >= 11 is 0. The van der Waals surface area contributed by atoms with E-state index in [9.17, 15) is 14.4 Å². The van der Waals surface area contributed by atoms with E-state index in [0.717, 1.165) is 0 Å². The molecule has 0 unspecified atom stereocenters. The zero-order valence-electron chi connectivity index (χ0n) is 11.7. The molecule has 0 aromatic rings. The third-order valence-electron chi connectivity index (χ3n) is 3.11. The Morgan fingerprint density at radius 3 is 2.45 bits per heavy atom. The second kappa shape index (κ2) is 8.49. The van der Waals surface area contributed by atoms with Gasteiger partial charge in [-0.2, -0.15) is 0 Å². The van der Waals surface area contributed by atoms with Gasteiger partial charge in [0.05, 0.1) is 13.1 Å². The van der Waals surface area contributed by atoms with Crippen LogP contribution in [0.5, 0.6) is 0 Å². The molecule has 1 aliphatic heterocycles. The first-order chi connectivity index (χ1) is 9.56. The fourth-order valence-corrected chi connectivity index (χ4v) is 2.02. The number of hydrogen-bond donors (Lipinski definition) is 3. The minimum absolute atomic E-state index is 0.0314. The summed E-state index contributed by atoms with van der Waals surface area (Å²) in [6.07, 6.45) is 1.40. The van der Waals surface area contributed by atoms with Crippen LogP contribution in [-0.4, -0.2) is 68.6 Å². The molecular weight excluding hydrogens is 264 g/mol. The first-order valence-electron chi connectivity index (χ1n) is 6.59. The number of nitrogens with one attached hydrogen (secondary N) is 2. The van der Waals surface area contributed by atoms with Crippen molar-refractivity contribution in [3.8, 4) is 0 Å². The maximum Gasteiger partial charge on any atom is 0.248 e. The molecule has 114 valence electrons. The predicted octanol–water partition coefficient (Wildman–Crippen LogP) is -2.19. The number of carbonyl (C=O) groups excluding carboxylic acids is 3. The van der Waals surface area contributed by atoms with Gasteiger partial charge in [0.1, 0.15) is 6.61 Å². The summed E-state index contributed by atoms with van der Waals surface area (Å²) in [5.41, 5.74) is 5.12. The smallest absolute Gasteiger partial charge is 0.248 e. The molecule has 1 rings (SSSR count). The van der Waals surface area contributed by atoms with Crippen LogP contribution in [0.15, 0.2) is 0 Å². The van der Waals surface area contributed by atoms with Crippen molar-refractivity contribution >= 4 is 17.7 Å². The second-order valence-corrected chi connectivity index (χ2v) is 4.64. The van der Waals surface area contributed by atoms with Gasteiger partial charge in [0.25, 0.3) is 0 Å². The largest absolute Gasteiger partial charge is 0.375 e. The number of amides is 3. The van der Waals surface area contributed by atoms with E-state index in [2.05, 4.69) is 10.6 Å². The highest BCUT2D eigenvalue weighted by molar-refractivity contribution is 5.85. The third kappa shape index (κ3) is 5.54. The minimum Gasteiger partial charge on any atom is -0.375 e. The Kier molecular flexibility index (Phi) is 6.96. The van der Waals surface area contributed by atoms with Crippen LogP contribution in [0, 0.1) is 0 Å². The van der Waals surface area contributed by atoms with Crippen molar-refractivity contribution in [2.24, 2.45) is 5.73 Å². The Hall–Kier alpha value is -1.67. The van der Waals surface area contributed by atoms with Crippen LogP contribution in [-0.2, 0) is 19.1 Å². The number of nitrogens with two attached hydrogens (primary N) is 1. The van der Waals surface area contributed by atoms with Gasteiger partial charge < -0.3 is 26.0 Å². The van der Waals surface area contributed by atoms with Crippen molar-refractivity contribution in [2.45, 2.75) is 18.9 Å². The summed E-state index contributed by atoms with van der Waals surface area (Å²) in [5, 5.41) is 5.23. The minimum atomic E-state index is -0.361. The van der Waals surface area contributed by atoms with Gasteiger partial charge >= 0.3 is 0 Å². The molecule has 4 N–H and O–H groups in total. The van der Waals surface area contributed by atoms with Crippen LogP contribution in [0.4, 0.5) is 0 Å². The molecule has 0 bridgehead atoms. The summed E-state index contributed by atoms with van der Waals surface area (Å²) in [4.78, 5) is 35.8. The maximum atomic E-state index is 11.6. The average Bonchev–Trinajstić information content (AvgIpc) is 2.45. The first-order valence-corrected chi connectivity index (χ1v) is 6.59. The van der Waals surface area contributed by atoms with Crippen molar-refractivity contribution in [3.63, 3.8) is 0 Å². The summed E-state index contributed by atoms with van der Waals surface area (Å²) in [7, 11) is 1.49. The van der Waals surface area contributed by atoms with E-state index in [-0.39, 0.29) is 43.5 Å². The molecule has 0 saturated carbocycles. The van der Waals surface area contributed by atoms with Gasteiger partial charge in [0, 0.05) is 26.2 Å². The monoisotopic (exact) mass is 286 g/mol. The SMILES string of the molecule is COCC(=O)N1CCC(NC(=O)CNC(=O)CN)CC1. The van der Waals surface area contributed by atoms with E-state index in [0.29, 0.717) is 25.9 Å². The van der Waals surface area contributed by atoms with Gasteiger partial charge in [0.2, 0.25) is 17.7 Å². The van der Waals surface area contributed by atoms with Crippen molar-refractivity contribution < 1.29 is 19.1 Å². The lowest BCUT2D eigenvalue weighted by Crippen LogP contribution is -2.49. The molecule has 0 aromatic heterocycles. The van der Waals surface area contributed by atoms with Crippen LogP contribution in [0.3, 0.4) is 0 Å². The number of ether oxygens (including phenoxy) is 1. The molecule has 0 spiro atoms. The lowest BCUT2D eigenvalue weighted by molar-refractivity contribution is -0.136. The molecule has 1 saturated heterocycles. The van der Waals surface area contributed by atoms with Crippen molar-refractivity contribution in [3.05, 3.63) is 0 Å². The molecule has 1 fully saturated rings. The number of piperidine rings is 1. The molecule has 8 nitrogen and oxygen atoms in total. The van der Waals surface area contributed by atoms with Crippen molar-refractivity contribution in [1.82, 2.24) is 15.5 Å². The number of rotatable bonds is 6. The van der Waals surface area contributed by atoms with Gasteiger partial charge in [0.15, 0.2) is 0 Å². The fraction of sp³-hybridized carbons (Fsp3) is 0.750. The van der Waals surface area contributed by atoms with E-state index < -0.39 is 0 Å². The molecule has 1 aliphatic rings. The molecule has 0 aliphatic carbocycles. The highest BCUT2D eigenvalue weighted by Gasteiger charge is 2.23. The molecule has 1 heterocycles. The number of carbonyl (C=O) groups is 3. The topological polar surface area (TPSA) is 114 Å². The van der Waals surface area contributed by atoms with Gasteiger partial charge in [-0.25, -0.2) is 0 Å². The Morgan fingerprint density at radius 2 is 1.90 bits per heavy atom. The summed E-state index contributed by atoms with van der Waals surface area (Å²) in [5.74, 6) is -0.638. The summed E-state index contributed by atoms with van der Waals surface area (Å²) < 4.78 is 4.80. The van der Waals surface area contributed by atoms with E-state index in [1.807, 2.05) is 0 Å². The van der Waals surface area contributed by atoms with Crippen LogP contribution < -0.4 is 16.4 Å². The number of nitrogens with zero attached hydrogens (tertiary/aromatic N) is 1. The number of methoxy groups -OCH3 is 1. The zero-order chi connectivity index (χ0) is 15.0. The standard InChI is InChI=1S/C12H22N4O4/c1-20-8-12(19)16-4-2-9(3-5-16)15-11(18)7-14-10(17)6-13/h9H,2-8,13H2,1H3,(H,14,17)(H,15,18). The van der Waals surface area contributed by atoms with E-state index in [1.165, 1.54) is 7.11 Å². The van der Waals surface area contributed by atoms with Crippen LogP contribution in [0.1, 0.15) is 12.8 Å². The van der Waals surface area contributed by atoms with Crippen LogP contribution >= 0.6 is 0 Å². The first kappa shape index (κ1) is 16.4. The van der Waals surface area contributed by atoms with Gasteiger partial charge in [-0.1, -0.05) is 0 Å². The Bertz CT molecular complexity index is 353. The van der Waals surface area contributed by atoms with Gasteiger partial charge in [-0.3, -0.25) is 14.4 Å². The summed E-state index contributed by atoms with van der Waals surface area (Å²) in [6, 6.07) is 0.0314. The van der Waals surface area contributed by atoms with E-state index in [1.54, 1.807) is 4.90 Å². The number of likely N-dealkylation sites (tertiary alicyclic amines) is 1. The van der Waals surface area contributed by atoms with Crippen LogP contribution in [0.25, 0.3) is 0 Å². The van der Waals surface area contributed by atoms with Crippen molar-refractivity contribution in [2.75, 3.05) is 39.9 Å². The molecule has 20 heavy (non-hydrogen) atoms. The van der Waals surface area contributed by atoms with Gasteiger partial charge in [-0.05, 0) is 12.8 Å². The lowest BCUT2D eigenvalue weighted by Gasteiger charge is -2.32. The molecular formula is C12H22N4O4. The van der Waals surface area contributed by atoms with Gasteiger partial charge in [-0.15, -0.1) is 0 Å². The zero-order valence-corrected chi connectivity index (χ0v) is 11.7. The van der Waals surface area contributed by atoms with Crippen LogP contribution in [0.2, 0.25) is 0 Å². The quantitative estimate of drug-likeness (QED) is 0.513. The van der Waals surface area contributed by atoms with E-state index >= 15 is 0 Å². The van der Waals surface area contributed by atoms with Crippen molar-refractivity contribution in [1.29, 1.82) is 0 Å². The normalized spacial score (nSPS) is 15.8. The maximum absolute atomic E-state index is 11.6. The molecule has 0 radical (unpaired) electrons. The molecule has 3 amide bonds. The fourth-order valence-electron chi connectivity index (χ4n) is 2.02. The third-order valence-corrected chi connectivity index (χ3v) is 3.11. The lowest BCUT2D eigenvalue weighted by atomic mass is 10.0. The highest BCUT2D eigenvalue weighted by atomic mass is 16.5. The molecule has 0 atom stereocenters. The molecule has 8 heteroatoms. The second-order valence-electron chi connectivity index (χ2n) is 4.64. The Balaban J connectivity index is 2.23. The summed E-state index contributed by atoms with van der Waals surface area (Å²) in [6.45, 7) is 1.08. The average molecular weight is 286 g/mol. The predicted molar refractivity (Wildman–Crippen MR) is 71.7 cm³/mol. The number of hydrogen-bond acceptors (Lipinski definition) is 5. The highest BCUT2D eigenvalue weighted by Crippen LogP contribution is 2.10. The van der Waals surface area contributed by atoms with E-state index in [4.69, 9.17) is 10.5 Å². The molecule has 0 aromatic carbocycles. The Morgan fingerprint density at radius 1 is 1.25 bits per heavy atom.